The number of aryl methyl sites for hydroxylation is 1. The van der Waals surface area contributed by atoms with E-state index < -0.39 is 17.9 Å². The Morgan fingerprint density at radius 1 is 1.32 bits per heavy atom. The van der Waals surface area contributed by atoms with Crippen molar-refractivity contribution in [3.63, 3.8) is 0 Å². The van der Waals surface area contributed by atoms with Gasteiger partial charge in [-0.05, 0) is 29.7 Å². The van der Waals surface area contributed by atoms with Crippen LogP contribution in [-0.2, 0) is 11.8 Å². The number of nitrogens with zero attached hydrogens (tertiary/aromatic N) is 2. The molecule has 7 nitrogen and oxygen atoms in total. The van der Waals surface area contributed by atoms with E-state index in [1.165, 1.54) is 17.9 Å². The fourth-order valence-electron chi connectivity index (χ4n) is 2.34. The van der Waals surface area contributed by atoms with Crippen molar-refractivity contribution in [1.29, 1.82) is 0 Å². The summed E-state index contributed by atoms with van der Waals surface area (Å²) < 4.78 is 6.49. The van der Waals surface area contributed by atoms with Crippen LogP contribution >= 0.6 is 11.6 Å². The molecule has 0 saturated carbocycles. The second-order valence-electron chi connectivity index (χ2n) is 5.87. The van der Waals surface area contributed by atoms with E-state index in [0.29, 0.717) is 11.3 Å². The standard InChI is InChI=1S/C17H20ClN3O4/c1-9(2)12-8-13(21(3)20-12)16(22)19-15(17(23)24)10-5-6-14(25-4)11(18)7-10/h5-9,15H,1-4H3,(H,19,22)(H,23,24). The molecule has 25 heavy (non-hydrogen) atoms. The number of nitrogens with one attached hydrogen (secondary N) is 1. The van der Waals surface area contributed by atoms with Crippen LogP contribution < -0.4 is 10.1 Å². The number of methoxy groups -OCH3 is 1. The zero-order chi connectivity index (χ0) is 18.7. The number of aromatic nitrogens is 2. The molecule has 2 rings (SSSR count). The van der Waals surface area contributed by atoms with Crippen molar-refractivity contribution < 1.29 is 19.4 Å². The zero-order valence-electron chi connectivity index (χ0n) is 14.4. The monoisotopic (exact) mass is 365 g/mol. The van der Waals surface area contributed by atoms with Crippen molar-refractivity contribution in [2.75, 3.05) is 7.11 Å². The highest BCUT2D eigenvalue weighted by molar-refractivity contribution is 6.32. The van der Waals surface area contributed by atoms with Gasteiger partial charge in [0, 0.05) is 7.05 Å². The third kappa shape index (κ3) is 4.11. The highest BCUT2D eigenvalue weighted by atomic mass is 35.5. The lowest BCUT2D eigenvalue weighted by Crippen LogP contribution is -2.34. The molecule has 0 aliphatic carbocycles. The number of carbonyl (C=O) groups excluding carboxylic acids is 1. The molecule has 8 heteroatoms. The number of hydrogen-bond donors (Lipinski definition) is 2. The summed E-state index contributed by atoms with van der Waals surface area (Å²) in [6.07, 6.45) is 0. The van der Waals surface area contributed by atoms with Crippen molar-refractivity contribution >= 4 is 23.5 Å². The second-order valence-corrected chi connectivity index (χ2v) is 6.28. The highest BCUT2D eigenvalue weighted by Crippen LogP contribution is 2.28. The van der Waals surface area contributed by atoms with E-state index in [0.717, 1.165) is 5.69 Å². The van der Waals surface area contributed by atoms with E-state index in [-0.39, 0.29) is 16.6 Å². The quantitative estimate of drug-likeness (QED) is 0.821. The Kier molecular flexibility index (Phi) is 5.69. The van der Waals surface area contributed by atoms with Crippen LogP contribution in [0.1, 0.15) is 47.6 Å². The number of hydrogen-bond acceptors (Lipinski definition) is 4. The summed E-state index contributed by atoms with van der Waals surface area (Å²) in [4.78, 5) is 24.1. The van der Waals surface area contributed by atoms with E-state index in [1.807, 2.05) is 13.8 Å². The maximum Gasteiger partial charge on any atom is 0.330 e. The van der Waals surface area contributed by atoms with Crippen molar-refractivity contribution in [3.05, 3.63) is 46.2 Å². The van der Waals surface area contributed by atoms with Gasteiger partial charge < -0.3 is 15.2 Å². The summed E-state index contributed by atoms with van der Waals surface area (Å²) in [5.74, 6) is -1.14. The lowest BCUT2D eigenvalue weighted by Gasteiger charge is -2.16. The van der Waals surface area contributed by atoms with Crippen molar-refractivity contribution in [2.45, 2.75) is 25.8 Å². The summed E-state index contributed by atoms with van der Waals surface area (Å²) in [6, 6.07) is 4.98. The number of carbonyl (C=O) groups is 2. The van der Waals surface area contributed by atoms with Gasteiger partial charge in [0.2, 0.25) is 0 Å². The van der Waals surface area contributed by atoms with Crippen LogP contribution in [0.2, 0.25) is 5.02 Å². The van der Waals surface area contributed by atoms with Crippen molar-refractivity contribution in [3.8, 4) is 5.75 Å². The molecule has 0 bridgehead atoms. The van der Waals surface area contributed by atoms with Crippen LogP contribution in [0.5, 0.6) is 5.75 Å². The summed E-state index contributed by atoms with van der Waals surface area (Å²) >= 11 is 6.05. The average molecular weight is 366 g/mol. The molecule has 1 atom stereocenters. The minimum absolute atomic E-state index is 0.156. The number of benzene rings is 1. The maximum atomic E-state index is 12.5. The summed E-state index contributed by atoms with van der Waals surface area (Å²) in [6.45, 7) is 3.92. The van der Waals surface area contributed by atoms with Gasteiger partial charge in [0.15, 0.2) is 6.04 Å². The molecule has 1 aromatic heterocycles. The second kappa shape index (κ2) is 7.57. The number of aliphatic carboxylic acids is 1. The van der Waals surface area contributed by atoms with Gasteiger partial charge in [-0.3, -0.25) is 9.48 Å². The third-order valence-corrected chi connectivity index (χ3v) is 4.05. The Balaban J connectivity index is 2.29. The van der Waals surface area contributed by atoms with Gasteiger partial charge in [0.05, 0.1) is 17.8 Å². The Hall–Kier alpha value is -2.54. The van der Waals surface area contributed by atoms with Crippen LogP contribution in [0.25, 0.3) is 0 Å². The summed E-state index contributed by atoms with van der Waals surface area (Å²) in [7, 11) is 3.10. The van der Waals surface area contributed by atoms with Gasteiger partial charge in [0.25, 0.3) is 5.91 Å². The van der Waals surface area contributed by atoms with E-state index in [2.05, 4.69) is 10.4 Å². The van der Waals surface area contributed by atoms with E-state index >= 15 is 0 Å². The molecule has 1 aromatic carbocycles. The van der Waals surface area contributed by atoms with E-state index in [1.54, 1.807) is 25.2 Å². The van der Waals surface area contributed by atoms with Crippen LogP contribution in [0.3, 0.4) is 0 Å². The van der Waals surface area contributed by atoms with E-state index in [9.17, 15) is 14.7 Å². The van der Waals surface area contributed by atoms with Crippen molar-refractivity contribution in [1.82, 2.24) is 15.1 Å². The highest BCUT2D eigenvalue weighted by Gasteiger charge is 2.25. The molecule has 0 aliphatic heterocycles. The molecule has 0 spiro atoms. The van der Waals surface area contributed by atoms with Crippen LogP contribution in [0.15, 0.2) is 24.3 Å². The number of rotatable bonds is 6. The first-order valence-corrected chi connectivity index (χ1v) is 8.03. The first kappa shape index (κ1) is 18.8. The summed E-state index contributed by atoms with van der Waals surface area (Å²) in [5.41, 5.74) is 1.39. The van der Waals surface area contributed by atoms with Gasteiger partial charge in [-0.25, -0.2) is 4.79 Å². The average Bonchev–Trinajstić information content (AvgIpc) is 2.94. The zero-order valence-corrected chi connectivity index (χ0v) is 15.2. The SMILES string of the molecule is COc1ccc(C(NC(=O)c2cc(C(C)C)nn2C)C(=O)O)cc1Cl. The Labute approximate surface area is 150 Å². The van der Waals surface area contributed by atoms with Gasteiger partial charge >= 0.3 is 5.97 Å². The van der Waals surface area contributed by atoms with Gasteiger partial charge in [-0.15, -0.1) is 0 Å². The number of carboxylic acid groups (broad SMARTS) is 1. The maximum absolute atomic E-state index is 12.5. The largest absolute Gasteiger partial charge is 0.495 e. The van der Waals surface area contributed by atoms with E-state index in [4.69, 9.17) is 16.3 Å². The molecule has 0 fully saturated rings. The molecule has 0 radical (unpaired) electrons. The van der Waals surface area contributed by atoms with Gasteiger partial charge in [-0.2, -0.15) is 5.10 Å². The fourth-order valence-corrected chi connectivity index (χ4v) is 2.61. The molecule has 134 valence electrons. The van der Waals surface area contributed by atoms with Crippen molar-refractivity contribution in [2.24, 2.45) is 7.05 Å². The number of amides is 1. The lowest BCUT2D eigenvalue weighted by molar-refractivity contribution is -0.139. The molecule has 1 heterocycles. The number of halogens is 1. The van der Waals surface area contributed by atoms with Crippen LogP contribution in [0, 0.1) is 0 Å². The normalized spacial score (nSPS) is 12.1. The Morgan fingerprint density at radius 2 is 2.00 bits per heavy atom. The summed E-state index contributed by atoms with van der Waals surface area (Å²) in [5, 5.41) is 16.5. The molecular weight excluding hydrogens is 346 g/mol. The number of carboxylic acids is 1. The van der Waals surface area contributed by atoms with Crippen LogP contribution in [0.4, 0.5) is 0 Å². The first-order valence-electron chi connectivity index (χ1n) is 7.65. The molecule has 0 aliphatic rings. The lowest BCUT2D eigenvalue weighted by atomic mass is 10.1. The van der Waals surface area contributed by atoms with Gasteiger partial charge in [-0.1, -0.05) is 31.5 Å². The molecule has 1 unspecified atom stereocenters. The number of ether oxygens (including phenoxy) is 1. The van der Waals surface area contributed by atoms with Gasteiger partial charge in [0.1, 0.15) is 11.4 Å². The Morgan fingerprint density at radius 3 is 2.48 bits per heavy atom. The minimum Gasteiger partial charge on any atom is -0.495 e. The molecule has 0 saturated heterocycles. The predicted octanol–water partition coefficient (Wildman–Crippen LogP) is 2.76. The van der Waals surface area contributed by atoms with Crippen LogP contribution in [-0.4, -0.2) is 33.9 Å². The fraction of sp³-hybridized carbons (Fsp3) is 0.353. The Bertz CT molecular complexity index is 801. The minimum atomic E-state index is -1.24. The molecule has 2 N–H and O–H groups in total. The topological polar surface area (TPSA) is 93.5 Å². The molecular formula is C17H20ClN3O4. The molecule has 1 amide bonds. The predicted molar refractivity (Wildman–Crippen MR) is 93.1 cm³/mol. The third-order valence-electron chi connectivity index (χ3n) is 3.75. The first-order chi connectivity index (χ1) is 11.7. The molecule has 2 aromatic rings. The smallest absolute Gasteiger partial charge is 0.330 e.